The summed E-state index contributed by atoms with van der Waals surface area (Å²) in [7, 11) is 0. The molecule has 0 aromatic heterocycles. The molecule has 1 N–H and O–H groups in total. The third-order valence-corrected chi connectivity index (χ3v) is 7.73. The fraction of sp³-hybridized carbons (Fsp3) is 1.00. The first-order valence-electron chi connectivity index (χ1n) is 8.24. The summed E-state index contributed by atoms with van der Waals surface area (Å²) < 4.78 is 0. The highest BCUT2D eigenvalue weighted by Gasteiger charge is 2.59. The van der Waals surface area contributed by atoms with Crippen LogP contribution in [0.4, 0.5) is 0 Å². The zero-order valence-electron chi connectivity index (χ0n) is 13.2. The molecule has 3 aliphatic rings. The lowest BCUT2D eigenvalue weighted by atomic mass is 9.68. The number of thioether (sulfide) groups is 1. The zero-order valence-corrected chi connectivity index (χ0v) is 14.0. The topological polar surface area (TPSA) is 12.0 Å². The average molecular weight is 282 g/mol. The number of hydrogen-bond donors (Lipinski definition) is 1. The van der Waals surface area contributed by atoms with Crippen molar-refractivity contribution in [1.82, 2.24) is 5.32 Å². The average Bonchev–Trinajstić information content (AvgIpc) is 2.86. The molecule has 0 aliphatic heterocycles. The van der Waals surface area contributed by atoms with Gasteiger partial charge in [-0.25, -0.2) is 0 Å². The molecule has 2 heteroatoms. The maximum Gasteiger partial charge on any atom is 0.0177 e. The van der Waals surface area contributed by atoms with E-state index in [0.29, 0.717) is 10.8 Å². The van der Waals surface area contributed by atoms with E-state index >= 15 is 0 Å². The first kappa shape index (κ1) is 14.3. The highest BCUT2D eigenvalue weighted by Crippen LogP contribution is 2.62. The summed E-state index contributed by atoms with van der Waals surface area (Å²) in [5, 5.41) is 5.03. The SMILES string of the molecule is CSC1CCCC(NC2C(C)(C)[C@H]3CC[C@]2(C)C3)C1. The molecule has 3 fully saturated rings. The molecule has 3 unspecified atom stereocenters. The first-order chi connectivity index (χ1) is 8.95. The van der Waals surface area contributed by atoms with Gasteiger partial charge < -0.3 is 5.32 Å². The number of fused-ring (bicyclic) bond motifs is 2. The largest absolute Gasteiger partial charge is 0.310 e. The van der Waals surface area contributed by atoms with Crippen molar-refractivity contribution in [2.24, 2.45) is 16.7 Å². The minimum absolute atomic E-state index is 0.513. The van der Waals surface area contributed by atoms with Crippen molar-refractivity contribution in [2.45, 2.75) is 83.1 Å². The van der Waals surface area contributed by atoms with E-state index in [1.54, 1.807) is 0 Å². The molecule has 0 saturated heterocycles. The van der Waals surface area contributed by atoms with E-state index in [1.807, 2.05) is 0 Å². The maximum atomic E-state index is 4.13. The van der Waals surface area contributed by atoms with Gasteiger partial charge in [-0.05, 0) is 61.5 Å². The quantitative estimate of drug-likeness (QED) is 0.819. The van der Waals surface area contributed by atoms with E-state index < -0.39 is 0 Å². The maximum absolute atomic E-state index is 4.13. The van der Waals surface area contributed by atoms with Gasteiger partial charge in [0.15, 0.2) is 0 Å². The summed E-state index contributed by atoms with van der Waals surface area (Å²) in [4.78, 5) is 0. The molecule has 5 atom stereocenters. The Kier molecular flexibility index (Phi) is 3.71. The molecule has 3 aliphatic carbocycles. The minimum atomic E-state index is 0.513. The highest BCUT2D eigenvalue weighted by atomic mass is 32.2. The summed E-state index contributed by atoms with van der Waals surface area (Å²) in [5.41, 5.74) is 1.10. The van der Waals surface area contributed by atoms with E-state index in [-0.39, 0.29) is 0 Å². The van der Waals surface area contributed by atoms with Gasteiger partial charge in [0.05, 0.1) is 0 Å². The summed E-state index contributed by atoms with van der Waals surface area (Å²) in [5.74, 6) is 0.968. The van der Waals surface area contributed by atoms with Crippen LogP contribution in [0.1, 0.15) is 65.7 Å². The van der Waals surface area contributed by atoms with Crippen molar-refractivity contribution in [3.63, 3.8) is 0 Å². The van der Waals surface area contributed by atoms with E-state index in [2.05, 4.69) is 44.1 Å². The van der Waals surface area contributed by atoms with E-state index in [0.717, 1.165) is 23.3 Å². The molecule has 110 valence electrons. The Morgan fingerprint density at radius 2 is 1.89 bits per heavy atom. The predicted molar refractivity (Wildman–Crippen MR) is 85.7 cm³/mol. The third kappa shape index (κ3) is 2.37. The van der Waals surface area contributed by atoms with E-state index in [4.69, 9.17) is 0 Å². The summed E-state index contributed by atoms with van der Waals surface area (Å²) >= 11 is 2.08. The predicted octanol–water partition coefficient (Wildman–Crippen LogP) is 4.47. The van der Waals surface area contributed by atoms with Crippen molar-refractivity contribution < 1.29 is 0 Å². The Hall–Kier alpha value is 0.310. The summed E-state index contributed by atoms with van der Waals surface area (Å²) in [6.07, 6.45) is 12.4. The van der Waals surface area contributed by atoms with Crippen LogP contribution >= 0.6 is 11.8 Å². The van der Waals surface area contributed by atoms with Crippen LogP contribution in [0, 0.1) is 16.7 Å². The molecular weight excluding hydrogens is 250 g/mol. The van der Waals surface area contributed by atoms with Crippen LogP contribution < -0.4 is 5.32 Å². The Morgan fingerprint density at radius 3 is 2.53 bits per heavy atom. The van der Waals surface area contributed by atoms with Gasteiger partial charge in [-0.2, -0.15) is 11.8 Å². The van der Waals surface area contributed by atoms with Crippen LogP contribution in [-0.2, 0) is 0 Å². The van der Waals surface area contributed by atoms with E-state index in [9.17, 15) is 0 Å². The summed E-state index contributed by atoms with van der Waals surface area (Å²) in [6, 6.07) is 1.54. The van der Waals surface area contributed by atoms with Gasteiger partial charge >= 0.3 is 0 Å². The fourth-order valence-corrected chi connectivity index (χ4v) is 6.29. The van der Waals surface area contributed by atoms with Crippen molar-refractivity contribution >= 4 is 11.8 Å². The van der Waals surface area contributed by atoms with Gasteiger partial charge in [0, 0.05) is 17.3 Å². The molecule has 1 nitrogen and oxygen atoms in total. The fourth-order valence-electron chi connectivity index (χ4n) is 5.46. The van der Waals surface area contributed by atoms with Gasteiger partial charge in [-0.1, -0.05) is 27.2 Å². The van der Waals surface area contributed by atoms with Gasteiger partial charge in [0.1, 0.15) is 0 Å². The van der Waals surface area contributed by atoms with Crippen molar-refractivity contribution in [3.05, 3.63) is 0 Å². The summed E-state index contributed by atoms with van der Waals surface area (Å²) in [6.45, 7) is 7.59. The lowest BCUT2D eigenvalue weighted by molar-refractivity contribution is 0.0929. The van der Waals surface area contributed by atoms with Crippen molar-refractivity contribution in [1.29, 1.82) is 0 Å². The molecule has 0 amide bonds. The second-order valence-electron chi connectivity index (χ2n) is 8.24. The van der Waals surface area contributed by atoms with Crippen LogP contribution in [0.2, 0.25) is 0 Å². The normalized spacial score (nSPS) is 48.6. The molecular formula is C17H31NS. The number of rotatable bonds is 3. The smallest absolute Gasteiger partial charge is 0.0177 e. The van der Waals surface area contributed by atoms with Crippen molar-refractivity contribution in [2.75, 3.05) is 6.26 Å². The molecule has 2 bridgehead atoms. The highest BCUT2D eigenvalue weighted by molar-refractivity contribution is 7.99. The second kappa shape index (κ2) is 4.94. The Balaban J connectivity index is 1.69. The van der Waals surface area contributed by atoms with E-state index in [1.165, 1.54) is 44.9 Å². The molecule has 0 spiro atoms. The molecule has 19 heavy (non-hydrogen) atoms. The van der Waals surface area contributed by atoms with Crippen molar-refractivity contribution in [3.8, 4) is 0 Å². The van der Waals surface area contributed by atoms with Crippen LogP contribution in [0.3, 0.4) is 0 Å². The minimum Gasteiger partial charge on any atom is -0.310 e. The lowest BCUT2D eigenvalue weighted by Crippen LogP contribution is -2.54. The van der Waals surface area contributed by atoms with Crippen LogP contribution in [0.5, 0.6) is 0 Å². The van der Waals surface area contributed by atoms with Crippen LogP contribution in [0.25, 0.3) is 0 Å². The second-order valence-corrected chi connectivity index (χ2v) is 9.37. The van der Waals surface area contributed by atoms with Gasteiger partial charge in [0.2, 0.25) is 0 Å². The molecule has 0 heterocycles. The molecule has 0 aromatic rings. The Labute approximate surface area is 123 Å². The Bertz CT molecular complexity index is 335. The number of hydrogen-bond acceptors (Lipinski definition) is 2. The standard InChI is InChI=1S/C17H31NS/c1-16(2)12-8-9-17(3,11-12)15(16)18-13-6-5-7-14(10-13)19-4/h12-15,18H,5-11H2,1-4H3/t12-,13?,14?,15?,17+/m0/s1. The Morgan fingerprint density at radius 1 is 1.11 bits per heavy atom. The molecule has 0 radical (unpaired) electrons. The number of nitrogens with one attached hydrogen (secondary N) is 1. The molecule has 0 aromatic carbocycles. The van der Waals surface area contributed by atoms with Crippen LogP contribution in [-0.4, -0.2) is 23.6 Å². The molecule has 3 rings (SSSR count). The van der Waals surface area contributed by atoms with Crippen LogP contribution in [0.15, 0.2) is 0 Å². The lowest BCUT2D eigenvalue weighted by Gasteiger charge is -2.46. The zero-order chi connectivity index (χ0) is 13.7. The van der Waals surface area contributed by atoms with Gasteiger partial charge in [-0.3, -0.25) is 0 Å². The van der Waals surface area contributed by atoms with Gasteiger partial charge in [0.25, 0.3) is 0 Å². The van der Waals surface area contributed by atoms with Gasteiger partial charge in [-0.15, -0.1) is 0 Å². The third-order valence-electron chi connectivity index (χ3n) is 6.63. The monoisotopic (exact) mass is 281 g/mol. The first-order valence-corrected chi connectivity index (χ1v) is 9.53. The molecule has 3 saturated carbocycles.